The molecule has 0 aliphatic heterocycles. The molecule has 7 heteroatoms. The minimum atomic E-state index is -0.953. The van der Waals surface area contributed by atoms with Crippen molar-refractivity contribution in [3.8, 4) is 0 Å². The Morgan fingerprint density at radius 1 is 1.35 bits per heavy atom. The van der Waals surface area contributed by atoms with Crippen LogP contribution >= 0.6 is 11.3 Å². The molecule has 0 saturated heterocycles. The van der Waals surface area contributed by atoms with Gasteiger partial charge in [-0.25, -0.2) is 0 Å². The summed E-state index contributed by atoms with van der Waals surface area (Å²) >= 11 is 1.47. The van der Waals surface area contributed by atoms with Crippen LogP contribution in [-0.4, -0.2) is 29.4 Å². The van der Waals surface area contributed by atoms with Crippen molar-refractivity contribution < 1.29 is 19.5 Å². The average Bonchev–Trinajstić information content (AvgIpc) is 2.83. The first-order chi connectivity index (χ1) is 10.9. The van der Waals surface area contributed by atoms with Crippen molar-refractivity contribution in [1.29, 1.82) is 0 Å². The highest BCUT2D eigenvalue weighted by Crippen LogP contribution is 2.39. The Hall–Kier alpha value is -1.89. The van der Waals surface area contributed by atoms with Gasteiger partial charge in [0.15, 0.2) is 0 Å². The van der Waals surface area contributed by atoms with Crippen LogP contribution in [0.1, 0.15) is 53.9 Å². The van der Waals surface area contributed by atoms with Gasteiger partial charge in [0, 0.05) is 17.8 Å². The number of hydrogen-bond acceptors (Lipinski definition) is 4. The summed E-state index contributed by atoms with van der Waals surface area (Å²) in [7, 11) is 0. The molecule has 1 heterocycles. The van der Waals surface area contributed by atoms with Crippen molar-refractivity contribution in [3.63, 3.8) is 0 Å². The summed E-state index contributed by atoms with van der Waals surface area (Å²) < 4.78 is 0. The minimum Gasteiger partial charge on any atom is -0.481 e. The van der Waals surface area contributed by atoms with E-state index in [0.717, 1.165) is 29.7 Å². The molecule has 0 saturated carbocycles. The molecule has 6 nitrogen and oxygen atoms in total. The summed E-state index contributed by atoms with van der Waals surface area (Å²) in [5, 5.41) is 14.7. The molecule has 0 radical (unpaired) electrons. The van der Waals surface area contributed by atoms with Gasteiger partial charge in [0.05, 0.1) is 12.0 Å². The smallest absolute Gasteiger partial charge is 0.305 e. The van der Waals surface area contributed by atoms with Crippen LogP contribution in [0.2, 0.25) is 0 Å². The third kappa shape index (κ3) is 4.31. The molecule has 0 bridgehead atoms. The third-order valence-corrected chi connectivity index (χ3v) is 5.11. The summed E-state index contributed by atoms with van der Waals surface area (Å²) in [6, 6.07) is 0. The largest absolute Gasteiger partial charge is 0.481 e. The van der Waals surface area contributed by atoms with Crippen molar-refractivity contribution in [3.05, 3.63) is 16.0 Å². The van der Waals surface area contributed by atoms with E-state index >= 15 is 0 Å². The lowest BCUT2D eigenvalue weighted by Crippen LogP contribution is -2.28. The van der Waals surface area contributed by atoms with Crippen LogP contribution in [0.15, 0.2) is 0 Å². The summed E-state index contributed by atoms with van der Waals surface area (Å²) in [5.74, 6) is -0.814. The van der Waals surface area contributed by atoms with Gasteiger partial charge in [0.25, 0.3) is 5.91 Å². The normalized spacial score (nSPS) is 16.5. The Balaban J connectivity index is 2.25. The molecule has 0 aromatic carbocycles. The van der Waals surface area contributed by atoms with E-state index < -0.39 is 5.97 Å². The van der Waals surface area contributed by atoms with Crippen LogP contribution in [0, 0.1) is 5.92 Å². The Morgan fingerprint density at radius 2 is 2.09 bits per heavy atom. The van der Waals surface area contributed by atoms with E-state index in [2.05, 4.69) is 17.6 Å². The molecule has 3 N–H and O–H groups in total. The van der Waals surface area contributed by atoms with Crippen molar-refractivity contribution in [2.75, 3.05) is 11.9 Å². The van der Waals surface area contributed by atoms with Crippen molar-refractivity contribution in [2.45, 2.75) is 46.0 Å². The molecular formula is C16H22N2O4S. The van der Waals surface area contributed by atoms with E-state index in [-0.39, 0.29) is 24.8 Å². The molecule has 1 aromatic heterocycles. The molecule has 23 heavy (non-hydrogen) atoms. The highest BCUT2D eigenvalue weighted by molar-refractivity contribution is 7.17. The molecule has 1 aromatic rings. The van der Waals surface area contributed by atoms with Crippen molar-refractivity contribution in [2.24, 2.45) is 5.92 Å². The second-order valence-electron chi connectivity index (χ2n) is 5.86. The van der Waals surface area contributed by atoms with E-state index in [0.29, 0.717) is 22.9 Å². The van der Waals surface area contributed by atoms with Gasteiger partial charge in [-0.2, -0.15) is 0 Å². The number of rotatable bonds is 6. The van der Waals surface area contributed by atoms with Gasteiger partial charge in [0.1, 0.15) is 5.00 Å². The highest BCUT2D eigenvalue weighted by atomic mass is 32.1. The number of carbonyl (C=O) groups is 3. The minimum absolute atomic E-state index is 0.0797. The van der Waals surface area contributed by atoms with E-state index in [1.54, 1.807) is 6.92 Å². The summed E-state index contributed by atoms with van der Waals surface area (Å²) in [6.45, 7) is 4.02. The fourth-order valence-electron chi connectivity index (χ4n) is 2.67. The lowest BCUT2D eigenvalue weighted by Gasteiger charge is -2.18. The zero-order valence-corrected chi connectivity index (χ0v) is 14.2. The zero-order valence-electron chi connectivity index (χ0n) is 13.4. The SMILES string of the molecule is CCC(=O)Nc1sc2c(c1C(=O)NCCC(=O)O)CCC(C)C2. The topological polar surface area (TPSA) is 95.5 Å². The van der Waals surface area contributed by atoms with Crippen LogP contribution in [-0.2, 0) is 22.4 Å². The number of carbonyl (C=O) groups excluding carboxylic acids is 2. The summed E-state index contributed by atoms with van der Waals surface area (Å²) in [6.07, 6.45) is 2.97. The Kier molecular flexibility index (Phi) is 5.76. The van der Waals surface area contributed by atoms with E-state index in [1.807, 2.05) is 0 Å². The van der Waals surface area contributed by atoms with Gasteiger partial charge in [0.2, 0.25) is 5.91 Å². The Bertz CT molecular complexity index is 624. The first-order valence-corrected chi connectivity index (χ1v) is 8.68. The number of carboxylic acid groups (broad SMARTS) is 1. The monoisotopic (exact) mass is 338 g/mol. The highest BCUT2D eigenvalue weighted by Gasteiger charge is 2.28. The van der Waals surface area contributed by atoms with Crippen molar-refractivity contribution >= 4 is 34.1 Å². The van der Waals surface area contributed by atoms with Crippen LogP contribution in [0.5, 0.6) is 0 Å². The first-order valence-electron chi connectivity index (χ1n) is 7.86. The van der Waals surface area contributed by atoms with Gasteiger partial charge >= 0.3 is 5.97 Å². The number of aliphatic carboxylic acids is 1. The lowest BCUT2D eigenvalue weighted by atomic mass is 9.88. The Labute approximate surface area is 139 Å². The molecular weight excluding hydrogens is 316 g/mol. The fourth-order valence-corrected chi connectivity index (χ4v) is 4.09. The number of carboxylic acids is 1. The van der Waals surface area contributed by atoms with Gasteiger partial charge in [-0.05, 0) is 30.7 Å². The second-order valence-corrected chi connectivity index (χ2v) is 6.96. The lowest BCUT2D eigenvalue weighted by molar-refractivity contribution is -0.136. The van der Waals surface area contributed by atoms with Crippen LogP contribution in [0.3, 0.4) is 0 Å². The van der Waals surface area contributed by atoms with E-state index in [4.69, 9.17) is 5.11 Å². The van der Waals surface area contributed by atoms with Gasteiger partial charge in [-0.1, -0.05) is 13.8 Å². The maximum atomic E-state index is 12.5. The molecule has 1 atom stereocenters. The van der Waals surface area contributed by atoms with Crippen LogP contribution in [0.4, 0.5) is 5.00 Å². The number of thiophene rings is 1. The quantitative estimate of drug-likeness (QED) is 0.742. The molecule has 0 spiro atoms. The van der Waals surface area contributed by atoms with Crippen molar-refractivity contribution in [1.82, 2.24) is 5.32 Å². The second kappa shape index (κ2) is 7.59. The molecule has 1 aliphatic carbocycles. The number of nitrogens with one attached hydrogen (secondary N) is 2. The standard InChI is InChI=1S/C16H22N2O4S/c1-3-12(19)18-16-14(15(22)17-7-6-13(20)21)10-5-4-9(2)8-11(10)23-16/h9H,3-8H2,1-2H3,(H,17,22)(H,18,19)(H,20,21). The Morgan fingerprint density at radius 3 is 2.74 bits per heavy atom. The number of amides is 2. The fraction of sp³-hybridized carbons (Fsp3) is 0.562. The number of anilines is 1. The van der Waals surface area contributed by atoms with E-state index in [1.165, 1.54) is 11.3 Å². The van der Waals surface area contributed by atoms with Gasteiger partial charge in [-0.3, -0.25) is 14.4 Å². The predicted molar refractivity (Wildman–Crippen MR) is 89.0 cm³/mol. The van der Waals surface area contributed by atoms with Crippen LogP contribution < -0.4 is 10.6 Å². The number of hydrogen-bond donors (Lipinski definition) is 3. The maximum absolute atomic E-state index is 12.5. The first kappa shape index (κ1) is 17.5. The third-order valence-electron chi connectivity index (χ3n) is 3.94. The van der Waals surface area contributed by atoms with Crippen LogP contribution in [0.25, 0.3) is 0 Å². The van der Waals surface area contributed by atoms with Gasteiger partial charge < -0.3 is 15.7 Å². The zero-order chi connectivity index (χ0) is 17.0. The molecule has 2 amide bonds. The summed E-state index contributed by atoms with van der Waals surface area (Å²) in [5.41, 5.74) is 1.52. The summed E-state index contributed by atoms with van der Waals surface area (Å²) in [4.78, 5) is 35.9. The molecule has 0 fully saturated rings. The number of fused-ring (bicyclic) bond motifs is 1. The molecule has 2 rings (SSSR count). The average molecular weight is 338 g/mol. The molecule has 1 aliphatic rings. The maximum Gasteiger partial charge on any atom is 0.305 e. The molecule has 1 unspecified atom stereocenters. The predicted octanol–water partition coefficient (Wildman–Crippen LogP) is 2.43. The van der Waals surface area contributed by atoms with E-state index in [9.17, 15) is 14.4 Å². The van der Waals surface area contributed by atoms with Gasteiger partial charge in [-0.15, -0.1) is 11.3 Å². The molecule has 126 valence electrons.